The van der Waals surface area contributed by atoms with Crippen LogP contribution in [0.2, 0.25) is 0 Å². The van der Waals surface area contributed by atoms with Crippen LogP contribution >= 0.6 is 11.3 Å². The molecule has 1 amide bonds. The summed E-state index contributed by atoms with van der Waals surface area (Å²) in [5, 5.41) is 0. The van der Waals surface area contributed by atoms with Gasteiger partial charge in [-0.3, -0.25) is 14.6 Å². The first-order valence-electron chi connectivity index (χ1n) is 12.3. The molecular weight excluding hydrogens is 436 g/mol. The Morgan fingerprint density at radius 1 is 1.12 bits per heavy atom. The Labute approximate surface area is 202 Å². The number of nitrogens with zero attached hydrogens (tertiary/aromatic N) is 2. The molecule has 1 aromatic heterocycles. The Kier molecular flexibility index (Phi) is 6.60. The molecule has 7 heteroatoms. The van der Waals surface area contributed by atoms with Gasteiger partial charge in [-0.15, -0.1) is 11.3 Å². The third-order valence-corrected chi connectivity index (χ3v) is 8.60. The Morgan fingerprint density at radius 2 is 1.85 bits per heavy atom. The van der Waals surface area contributed by atoms with E-state index >= 15 is 0 Å². The Bertz CT molecular complexity index is 897. The molecule has 184 valence electrons. The molecular formula is C26H40N2O4S. The van der Waals surface area contributed by atoms with E-state index in [1.165, 1.54) is 22.4 Å². The second-order valence-electron chi connectivity index (χ2n) is 12.1. The van der Waals surface area contributed by atoms with Crippen molar-refractivity contribution in [3.05, 3.63) is 21.4 Å². The number of rotatable bonds is 3. The van der Waals surface area contributed by atoms with Crippen molar-refractivity contribution in [2.45, 2.75) is 91.5 Å². The molecule has 0 aromatic carbocycles. The largest absolute Gasteiger partial charge is 0.469 e. The quantitative estimate of drug-likeness (QED) is 0.547. The fourth-order valence-electron chi connectivity index (χ4n) is 5.72. The van der Waals surface area contributed by atoms with Gasteiger partial charge in [-0.2, -0.15) is 0 Å². The van der Waals surface area contributed by atoms with Crippen LogP contribution in [0.1, 0.15) is 82.2 Å². The molecule has 4 atom stereocenters. The van der Waals surface area contributed by atoms with E-state index in [1.807, 2.05) is 37.0 Å². The average molecular weight is 477 g/mol. The zero-order valence-corrected chi connectivity index (χ0v) is 22.1. The lowest BCUT2D eigenvalue weighted by molar-refractivity contribution is -0.149. The highest BCUT2D eigenvalue weighted by Gasteiger charge is 2.45. The summed E-state index contributed by atoms with van der Waals surface area (Å²) in [5.41, 5.74) is 0.973. The van der Waals surface area contributed by atoms with E-state index in [4.69, 9.17) is 9.47 Å². The monoisotopic (exact) mass is 476 g/mol. The highest BCUT2D eigenvalue weighted by molar-refractivity contribution is 7.12. The van der Waals surface area contributed by atoms with Crippen molar-refractivity contribution in [2.75, 3.05) is 20.2 Å². The molecule has 3 aliphatic heterocycles. The molecule has 4 heterocycles. The minimum atomic E-state index is -0.482. The van der Waals surface area contributed by atoms with Gasteiger partial charge in [-0.05, 0) is 63.0 Å². The first-order chi connectivity index (χ1) is 15.4. The van der Waals surface area contributed by atoms with Crippen LogP contribution in [0.5, 0.6) is 0 Å². The number of carbonyl (C=O) groups excluding carboxylic acids is 2. The second kappa shape index (κ2) is 8.88. The van der Waals surface area contributed by atoms with Crippen LogP contribution in [0.3, 0.4) is 0 Å². The van der Waals surface area contributed by atoms with Crippen LogP contribution in [0.4, 0.5) is 4.79 Å². The van der Waals surface area contributed by atoms with Crippen LogP contribution in [0.15, 0.2) is 6.07 Å². The maximum atomic E-state index is 12.9. The van der Waals surface area contributed by atoms with Crippen LogP contribution < -0.4 is 0 Å². The summed E-state index contributed by atoms with van der Waals surface area (Å²) in [6, 6.07) is 2.69. The number of hydrogen-bond acceptors (Lipinski definition) is 6. The fourth-order valence-corrected chi connectivity index (χ4v) is 7.06. The number of hydrogen-bond donors (Lipinski definition) is 0. The summed E-state index contributed by atoms with van der Waals surface area (Å²) in [6.45, 7) is 15.2. The van der Waals surface area contributed by atoms with E-state index in [1.54, 1.807) is 0 Å². The van der Waals surface area contributed by atoms with Gasteiger partial charge < -0.3 is 9.47 Å². The number of ether oxygens (including phenoxy) is 2. The van der Waals surface area contributed by atoms with Gasteiger partial charge >= 0.3 is 12.1 Å². The normalized spacial score (nSPS) is 27.9. The van der Waals surface area contributed by atoms with Crippen molar-refractivity contribution in [3.8, 4) is 0 Å². The average Bonchev–Trinajstić information content (AvgIpc) is 3.26. The number of piperidine rings is 1. The third kappa shape index (κ3) is 5.24. The third-order valence-electron chi connectivity index (χ3n) is 7.44. The highest BCUT2D eigenvalue weighted by atomic mass is 32.1. The molecule has 0 radical (unpaired) electrons. The molecule has 2 bridgehead atoms. The van der Waals surface area contributed by atoms with Crippen LogP contribution in [0.25, 0.3) is 0 Å². The summed E-state index contributed by atoms with van der Waals surface area (Å²) in [6.07, 6.45) is 3.68. The van der Waals surface area contributed by atoms with Crippen molar-refractivity contribution in [1.29, 1.82) is 0 Å². The number of thiophene rings is 1. The molecule has 3 aliphatic rings. The maximum Gasteiger partial charge on any atom is 0.411 e. The van der Waals surface area contributed by atoms with Gasteiger partial charge in [0.25, 0.3) is 0 Å². The minimum Gasteiger partial charge on any atom is -0.469 e. The number of carbonyl (C=O) groups is 2. The standard InChI is InChI=1S/C26H40N2O4S/c1-25(2,3)17-10-16(23(29)31-7)13-27(14-17)15-19-12-20-21-9-8-18(11-22(20)33-19)28(21)24(30)32-26(4,5)6/h12,16-18,21H,8-11,13-15H2,1-7H3/t16-,17-,18-,21+/m1/s1. The number of fused-ring (bicyclic) bond motifs is 4. The van der Waals surface area contributed by atoms with E-state index in [0.717, 1.165) is 45.3 Å². The maximum absolute atomic E-state index is 12.9. The number of esters is 1. The summed E-state index contributed by atoms with van der Waals surface area (Å²) < 4.78 is 10.8. The zero-order valence-electron chi connectivity index (χ0n) is 21.3. The molecule has 1 aromatic rings. The molecule has 0 unspecified atom stereocenters. The molecule has 2 saturated heterocycles. The molecule has 0 saturated carbocycles. The summed E-state index contributed by atoms with van der Waals surface area (Å²) in [4.78, 5) is 32.5. The number of amides is 1. The van der Waals surface area contributed by atoms with Gasteiger partial charge in [0.05, 0.1) is 19.1 Å². The topological polar surface area (TPSA) is 59.1 Å². The number of methoxy groups -OCH3 is 1. The van der Waals surface area contributed by atoms with E-state index in [2.05, 4.69) is 31.7 Å². The van der Waals surface area contributed by atoms with Gasteiger partial charge in [0.1, 0.15) is 5.60 Å². The number of likely N-dealkylation sites (tertiary alicyclic amines) is 1. The van der Waals surface area contributed by atoms with Crippen molar-refractivity contribution in [3.63, 3.8) is 0 Å². The SMILES string of the molecule is COC(=O)[C@@H]1C[C@@H](C(C)(C)C)CN(Cc2cc3c(s2)C[C@H]2CC[C@@H]3N2C(=O)OC(C)(C)C)C1. The molecule has 6 nitrogen and oxygen atoms in total. The molecule has 4 rings (SSSR count). The first-order valence-corrected chi connectivity index (χ1v) is 13.1. The second-order valence-corrected chi connectivity index (χ2v) is 13.4. The lowest BCUT2D eigenvalue weighted by Gasteiger charge is -2.42. The highest BCUT2D eigenvalue weighted by Crippen LogP contribution is 2.47. The summed E-state index contributed by atoms with van der Waals surface area (Å²) in [7, 11) is 1.49. The van der Waals surface area contributed by atoms with E-state index < -0.39 is 5.60 Å². The Morgan fingerprint density at radius 3 is 2.48 bits per heavy atom. The van der Waals surface area contributed by atoms with Gasteiger partial charge in [0.15, 0.2) is 0 Å². The Hall–Kier alpha value is -1.60. The molecule has 0 aliphatic carbocycles. The Balaban J connectivity index is 1.50. The van der Waals surface area contributed by atoms with Crippen molar-refractivity contribution in [1.82, 2.24) is 9.80 Å². The fraction of sp³-hybridized carbons (Fsp3) is 0.769. The lowest BCUT2D eigenvalue weighted by Crippen LogP contribution is -2.46. The summed E-state index contributed by atoms with van der Waals surface area (Å²) in [5.74, 6) is 0.287. The van der Waals surface area contributed by atoms with Gasteiger partial charge in [0.2, 0.25) is 0 Å². The predicted octanol–water partition coefficient (Wildman–Crippen LogP) is 5.40. The predicted molar refractivity (Wildman–Crippen MR) is 130 cm³/mol. The van der Waals surface area contributed by atoms with E-state index in [0.29, 0.717) is 5.92 Å². The zero-order chi connectivity index (χ0) is 24.1. The van der Waals surface area contributed by atoms with Crippen molar-refractivity contribution < 1.29 is 19.1 Å². The molecule has 0 spiro atoms. The molecule has 2 fully saturated rings. The van der Waals surface area contributed by atoms with Crippen molar-refractivity contribution >= 4 is 23.4 Å². The molecule has 0 N–H and O–H groups in total. The summed E-state index contributed by atoms with van der Waals surface area (Å²) >= 11 is 1.89. The van der Waals surface area contributed by atoms with Gasteiger partial charge in [-0.1, -0.05) is 20.8 Å². The lowest BCUT2D eigenvalue weighted by atomic mass is 9.73. The smallest absolute Gasteiger partial charge is 0.411 e. The van der Waals surface area contributed by atoms with E-state index in [-0.39, 0.29) is 35.5 Å². The van der Waals surface area contributed by atoms with Crippen LogP contribution in [-0.4, -0.2) is 53.7 Å². The van der Waals surface area contributed by atoms with E-state index in [9.17, 15) is 9.59 Å². The minimum absolute atomic E-state index is 0.0683. The first kappa shape index (κ1) is 24.5. The van der Waals surface area contributed by atoms with Gasteiger partial charge in [-0.25, -0.2) is 4.79 Å². The van der Waals surface area contributed by atoms with Gasteiger partial charge in [0, 0.05) is 41.9 Å². The van der Waals surface area contributed by atoms with Crippen molar-refractivity contribution in [2.24, 2.45) is 17.3 Å². The van der Waals surface area contributed by atoms with Crippen LogP contribution in [0, 0.1) is 17.3 Å². The van der Waals surface area contributed by atoms with Crippen LogP contribution in [-0.2, 0) is 27.2 Å². The molecule has 33 heavy (non-hydrogen) atoms.